The van der Waals surface area contributed by atoms with Gasteiger partial charge >= 0.3 is 0 Å². The summed E-state index contributed by atoms with van der Waals surface area (Å²) in [6, 6.07) is 12.0. The van der Waals surface area contributed by atoms with Crippen LogP contribution in [0, 0.1) is 10.1 Å². The van der Waals surface area contributed by atoms with E-state index in [4.69, 9.17) is 16.3 Å². The van der Waals surface area contributed by atoms with Gasteiger partial charge in [0, 0.05) is 21.9 Å². The third-order valence-electron chi connectivity index (χ3n) is 2.41. The first kappa shape index (κ1) is 13.7. The van der Waals surface area contributed by atoms with Crippen molar-refractivity contribution < 1.29 is 9.66 Å². The quantitative estimate of drug-likeness (QED) is 0.619. The number of nitro benzene ring substituents is 1. The number of nitrogens with zero attached hydrogens (tertiary/aromatic N) is 1. The van der Waals surface area contributed by atoms with Crippen LogP contribution in [0.3, 0.4) is 0 Å². The van der Waals surface area contributed by atoms with Crippen LogP contribution in [0.2, 0.25) is 5.02 Å². The molecule has 0 aliphatic heterocycles. The monoisotopic (exact) mass is 295 g/mol. The number of halogens is 1. The van der Waals surface area contributed by atoms with Crippen molar-refractivity contribution in [1.82, 2.24) is 0 Å². The average Bonchev–Trinajstić information content (AvgIpc) is 2.41. The third kappa shape index (κ3) is 3.39. The maximum absolute atomic E-state index is 10.6. The molecule has 98 valence electrons. The molecule has 2 rings (SSSR count). The number of ether oxygens (including phenoxy) is 1. The molecule has 2 aromatic carbocycles. The highest BCUT2D eigenvalue weighted by atomic mass is 35.5. The van der Waals surface area contributed by atoms with Crippen molar-refractivity contribution in [3.05, 3.63) is 57.6 Å². The van der Waals surface area contributed by atoms with E-state index in [2.05, 4.69) is 0 Å². The Hall–Kier alpha value is -1.72. The van der Waals surface area contributed by atoms with E-state index in [1.54, 1.807) is 13.2 Å². The van der Waals surface area contributed by atoms with Gasteiger partial charge in [-0.3, -0.25) is 10.1 Å². The summed E-state index contributed by atoms with van der Waals surface area (Å²) in [5, 5.41) is 11.0. The molecule has 2 aromatic rings. The highest BCUT2D eigenvalue weighted by Gasteiger charge is 2.10. The molecule has 0 aliphatic rings. The molecule has 0 saturated heterocycles. The van der Waals surface area contributed by atoms with E-state index in [-0.39, 0.29) is 5.69 Å². The van der Waals surface area contributed by atoms with Crippen molar-refractivity contribution in [2.45, 2.75) is 9.79 Å². The lowest BCUT2D eigenvalue weighted by Gasteiger charge is -2.05. The van der Waals surface area contributed by atoms with E-state index < -0.39 is 4.92 Å². The van der Waals surface area contributed by atoms with E-state index in [9.17, 15) is 10.1 Å². The standard InChI is InChI=1S/C13H10ClNO3S/c1-18-10-3-5-11(6-4-10)19-13-7-2-9(15(16)17)8-12(13)14/h2-8H,1H3. The number of rotatable bonds is 4. The van der Waals surface area contributed by atoms with Gasteiger partial charge in [-0.15, -0.1) is 0 Å². The fourth-order valence-electron chi connectivity index (χ4n) is 1.46. The van der Waals surface area contributed by atoms with Crippen LogP contribution in [-0.2, 0) is 0 Å². The summed E-state index contributed by atoms with van der Waals surface area (Å²) in [4.78, 5) is 11.9. The Balaban J connectivity index is 2.20. The van der Waals surface area contributed by atoms with Gasteiger partial charge in [-0.2, -0.15) is 0 Å². The Kier molecular flexibility index (Phi) is 4.29. The first-order valence-electron chi connectivity index (χ1n) is 5.36. The van der Waals surface area contributed by atoms with Gasteiger partial charge < -0.3 is 4.74 Å². The second-order valence-corrected chi connectivity index (χ2v) is 5.17. The normalized spacial score (nSPS) is 10.2. The Morgan fingerprint density at radius 3 is 2.42 bits per heavy atom. The smallest absolute Gasteiger partial charge is 0.270 e. The summed E-state index contributed by atoms with van der Waals surface area (Å²) in [5.74, 6) is 0.777. The Labute approximate surface area is 119 Å². The molecular formula is C13H10ClNO3S. The van der Waals surface area contributed by atoms with Gasteiger partial charge in [0.1, 0.15) is 5.75 Å². The largest absolute Gasteiger partial charge is 0.497 e. The molecule has 0 aliphatic carbocycles. The fourth-order valence-corrected chi connectivity index (χ4v) is 2.57. The molecule has 0 heterocycles. The Morgan fingerprint density at radius 1 is 1.21 bits per heavy atom. The molecule has 0 spiro atoms. The summed E-state index contributed by atoms with van der Waals surface area (Å²) in [7, 11) is 1.61. The zero-order chi connectivity index (χ0) is 13.8. The van der Waals surface area contributed by atoms with E-state index in [0.717, 1.165) is 15.5 Å². The summed E-state index contributed by atoms with van der Waals surface area (Å²) in [5.41, 5.74) is -0.0101. The molecule has 0 aromatic heterocycles. The molecule has 0 atom stereocenters. The van der Waals surface area contributed by atoms with Crippen LogP contribution in [0.1, 0.15) is 0 Å². The second-order valence-electron chi connectivity index (χ2n) is 3.65. The van der Waals surface area contributed by atoms with Crippen LogP contribution in [0.4, 0.5) is 5.69 Å². The number of methoxy groups -OCH3 is 1. The Morgan fingerprint density at radius 2 is 1.89 bits per heavy atom. The first-order valence-corrected chi connectivity index (χ1v) is 6.55. The lowest BCUT2D eigenvalue weighted by atomic mass is 10.3. The molecule has 0 fully saturated rings. The van der Waals surface area contributed by atoms with Crippen LogP contribution in [-0.4, -0.2) is 12.0 Å². The third-order valence-corrected chi connectivity index (χ3v) is 3.92. The fraction of sp³-hybridized carbons (Fsp3) is 0.0769. The highest BCUT2D eigenvalue weighted by Crippen LogP contribution is 2.35. The van der Waals surface area contributed by atoms with Crippen molar-refractivity contribution >= 4 is 29.1 Å². The van der Waals surface area contributed by atoms with E-state index in [1.807, 2.05) is 24.3 Å². The van der Waals surface area contributed by atoms with Gasteiger partial charge in [0.2, 0.25) is 0 Å². The van der Waals surface area contributed by atoms with Crippen LogP contribution in [0.15, 0.2) is 52.3 Å². The van der Waals surface area contributed by atoms with Gasteiger partial charge in [0.15, 0.2) is 0 Å². The SMILES string of the molecule is COc1ccc(Sc2ccc([N+](=O)[O-])cc2Cl)cc1. The molecule has 0 bridgehead atoms. The number of non-ortho nitro benzene ring substituents is 1. The topological polar surface area (TPSA) is 52.4 Å². The number of hydrogen-bond donors (Lipinski definition) is 0. The van der Waals surface area contributed by atoms with E-state index >= 15 is 0 Å². The van der Waals surface area contributed by atoms with E-state index in [0.29, 0.717) is 5.02 Å². The van der Waals surface area contributed by atoms with Gasteiger partial charge in [-0.05, 0) is 30.3 Å². The maximum atomic E-state index is 10.6. The van der Waals surface area contributed by atoms with Gasteiger partial charge in [-0.25, -0.2) is 0 Å². The van der Waals surface area contributed by atoms with Crippen molar-refractivity contribution in [1.29, 1.82) is 0 Å². The predicted molar refractivity (Wildman–Crippen MR) is 75.2 cm³/mol. The first-order chi connectivity index (χ1) is 9.10. The molecule has 6 heteroatoms. The summed E-state index contributed by atoms with van der Waals surface area (Å²) in [6.07, 6.45) is 0. The van der Waals surface area contributed by atoms with Crippen molar-refractivity contribution in [3.8, 4) is 5.75 Å². The summed E-state index contributed by atoms with van der Waals surface area (Å²) < 4.78 is 5.07. The van der Waals surface area contributed by atoms with Crippen LogP contribution in [0.5, 0.6) is 5.75 Å². The van der Waals surface area contributed by atoms with Crippen LogP contribution >= 0.6 is 23.4 Å². The minimum atomic E-state index is -0.465. The minimum Gasteiger partial charge on any atom is -0.497 e. The molecule has 0 saturated carbocycles. The lowest BCUT2D eigenvalue weighted by Crippen LogP contribution is -1.87. The summed E-state index contributed by atoms with van der Waals surface area (Å²) >= 11 is 7.48. The highest BCUT2D eigenvalue weighted by molar-refractivity contribution is 7.99. The minimum absolute atomic E-state index is 0.0101. The maximum Gasteiger partial charge on any atom is 0.270 e. The molecule has 0 amide bonds. The number of benzene rings is 2. The Bertz CT molecular complexity index is 601. The van der Waals surface area contributed by atoms with Crippen molar-refractivity contribution in [3.63, 3.8) is 0 Å². The zero-order valence-electron chi connectivity index (χ0n) is 10.00. The molecule has 0 N–H and O–H groups in total. The summed E-state index contributed by atoms with van der Waals surface area (Å²) in [6.45, 7) is 0. The molecule has 19 heavy (non-hydrogen) atoms. The van der Waals surface area contributed by atoms with Crippen molar-refractivity contribution in [2.24, 2.45) is 0 Å². The average molecular weight is 296 g/mol. The zero-order valence-corrected chi connectivity index (χ0v) is 11.6. The molecule has 4 nitrogen and oxygen atoms in total. The molecular weight excluding hydrogens is 286 g/mol. The van der Waals surface area contributed by atoms with Crippen LogP contribution < -0.4 is 4.74 Å². The number of hydrogen-bond acceptors (Lipinski definition) is 4. The van der Waals surface area contributed by atoms with E-state index in [1.165, 1.54) is 23.9 Å². The molecule has 0 unspecified atom stereocenters. The van der Waals surface area contributed by atoms with Crippen molar-refractivity contribution in [2.75, 3.05) is 7.11 Å². The number of nitro groups is 1. The lowest BCUT2D eigenvalue weighted by molar-refractivity contribution is -0.384. The second kappa shape index (κ2) is 5.95. The predicted octanol–water partition coefficient (Wildman–Crippen LogP) is 4.41. The van der Waals surface area contributed by atoms with Gasteiger partial charge in [0.05, 0.1) is 17.1 Å². The van der Waals surface area contributed by atoms with Crippen LogP contribution in [0.25, 0.3) is 0 Å². The van der Waals surface area contributed by atoms with Gasteiger partial charge in [-0.1, -0.05) is 23.4 Å². The molecule has 0 radical (unpaired) electrons. The van der Waals surface area contributed by atoms with Gasteiger partial charge in [0.25, 0.3) is 5.69 Å².